The van der Waals surface area contributed by atoms with Gasteiger partial charge in [0, 0.05) is 36.3 Å². The number of para-hydroxylation sites is 1. The van der Waals surface area contributed by atoms with Crippen LogP contribution in [-0.2, 0) is 6.54 Å². The molecule has 0 saturated carbocycles. The van der Waals surface area contributed by atoms with Crippen LogP contribution in [0.3, 0.4) is 0 Å². The number of halogens is 1. The molecule has 1 aliphatic heterocycles. The van der Waals surface area contributed by atoms with Gasteiger partial charge in [0.15, 0.2) is 0 Å². The fourth-order valence-electron chi connectivity index (χ4n) is 4.88. The normalized spacial score (nSPS) is 14.6. The van der Waals surface area contributed by atoms with Crippen molar-refractivity contribution in [2.75, 3.05) is 31.1 Å². The molecule has 0 unspecified atom stereocenters. The summed E-state index contributed by atoms with van der Waals surface area (Å²) in [5.41, 5.74) is 6.60. The van der Waals surface area contributed by atoms with Gasteiger partial charge >= 0.3 is 0 Å². The number of benzene rings is 3. The monoisotopic (exact) mass is 516 g/mol. The Kier molecular flexibility index (Phi) is 6.28. The van der Waals surface area contributed by atoms with E-state index in [0.717, 1.165) is 53.2 Å². The lowest BCUT2D eigenvalue weighted by Crippen LogP contribution is -2.46. The summed E-state index contributed by atoms with van der Waals surface area (Å²) in [7, 11) is 0. The Hall–Kier alpha value is -2.96. The first kappa shape index (κ1) is 22.8. The highest BCUT2D eigenvalue weighted by molar-refractivity contribution is 9.10. The molecule has 0 atom stereocenters. The summed E-state index contributed by atoms with van der Waals surface area (Å²) in [6.45, 7) is 10.8. The number of rotatable bonds is 4. The molecular weight excluding hydrogens is 488 g/mol. The summed E-state index contributed by atoms with van der Waals surface area (Å²) in [5, 5.41) is 0.626. The Morgan fingerprint density at radius 3 is 2.35 bits per heavy atom. The maximum absolute atomic E-state index is 13.7. The number of anilines is 1. The lowest BCUT2D eigenvalue weighted by molar-refractivity contribution is 0.242. The van der Waals surface area contributed by atoms with Gasteiger partial charge in [-0.1, -0.05) is 51.8 Å². The van der Waals surface area contributed by atoms with Crippen LogP contribution < -0.4 is 10.5 Å². The van der Waals surface area contributed by atoms with Gasteiger partial charge in [0.05, 0.1) is 23.1 Å². The molecule has 1 saturated heterocycles. The predicted molar refractivity (Wildman–Crippen MR) is 143 cm³/mol. The van der Waals surface area contributed by atoms with Gasteiger partial charge in [-0.3, -0.25) is 14.3 Å². The zero-order valence-electron chi connectivity index (χ0n) is 19.9. The van der Waals surface area contributed by atoms with Crippen LogP contribution in [-0.4, -0.2) is 40.6 Å². The second kappa shape index (κ2) is 9.35. The topological polar surface area (TPSA) is 41.4 Å². The molecule has 1 fully saturated rings. The van der Waals surface area contributed by atoms with Crippen molar-refractivity contribution in [3.63, 3.8) is 0 Å². The van der Waals surface area contributed by atoms with Crippen LogP contribution in [0.1, 0.15) is 22.5 Å². The number of nitrogens with zero attached hydrogens (tertiary/aromatic N) is 4. The van der Waals surface area contributed by atoms with E-state index in [1.165, 1.54) is 16.8 Å². The van der Waals surface area contributed by atoms with Gasteiger partial charge in [-0.25, -0.2) is 4.98 Å². The summed E-state index contributed by atoms with van der Waals surface area (Å²) in [4.78, 5) is 23.5. The zero-order chi connectivity index (χ0) is 23.8. The average molecular weight is 517 g/mol. The molecule has 0 aliphatic carbocycles. The molecule has 0 N–H and O–H groups in total. The van der Waals surface area contributed by atoms with E-state index in [2.05, 4.69) is 57.8 Å². The zero-order valence-corrected chi connectivity index (χ0v) is 21.5. The Balaban J connectivity index is 1.47. The number of piperazine rings is 1. The molecule has 0 spiro atoms. The van der Waals surface area contributed by atoms with E-state index < -0.39 is 0 Å². The molecule has 0 bridgehead atoms. The third kappa shape index (κ3) is 4.40. The quantitative estimate of drug-likeness (QED) is 0.364. The van der Waals surface area contributed by atoms with Gasteiger partial charge in [0.2, 0.25) is 0 Å². The molecule has 3 aromatic carbocycles. The lowest BCUT2D eigenvalue weighted by Gasteiger charge is -2.37. The molecule has 174 valence electrons. The molecule has 0 radical (unpaired) electrons. The van der Waals surface area contributed by atoms with Crippen LogP contribution in [0.2, 0.25) is 0 Å². The largest absolute Gasteiger partial charge is 0.369 e. The minimum atomic E-state index is -0.0236. The van der Waals surface area contributed by atoms with Crippen LogP contribution in [0.5, 0.6) is 0 Å². The summed E-state index contributed by atoms with van der Waals surface area (Å²) in [6, 6.07) is 20.4. The van der Waals surface area contributed by atoms with Crippen LogP contribution in [0.15, 0.2) is 69.9 Å². The first-order valence-electron chi connectivity index (χ1n) is 11.7. The van der Waals surface area contributed by atoms with E-state index in [4.69, 9.17) is 4.98 Å². The molecule has 1 aliphatic rings. The average Bonchev–Trinajstić information content (AvgIpc) is 2.81. The van der Waals surface area contributed by atoms with Gasteiger partial charge in [-0.2, -0.15) is 0 Å². The summed E-state index contributed by atoms with van der Waals surface area (Å²) in [5.74, 6) is 0.786. The molecule has 0 amide bonds. The molecule has 1 aromatic heterocycles. The SMILES string of the molecule is Cc1ccc(N2CCN(Cc3nc4ccc(Br)cc4c(=O)n3-c3ccccc3C)CC2)c(C)c1. The van der Waals surface area contributed by atoms with Gasteiger partial charge in [-0.05, 0) is 62.2 Å². The van der Waals surface area contributed by atoms with E-state index in [-0.39, 0.29) is 5.56 Å². The number of aryl methyl sites for hydroxylation is 3. The number of hydrogen-bond donors (Lipinski definition) is 0. The molecule has 5 rings (SSSR count). The minimum Gasteiger partial charge on any atom is -0.369 e. The molecule has 6 heteroatoms. The third-order valence-corrected chi connectivity index (χ3v) is 7.18. The maximum atomic E-state index is 13.7. The highest BCUT2D eigenvalue weighted by Crippen LogP contribution is 2.24. The maximum Gasteiger partial charge on any atom is 0.266 e. The number of hydrogen-bond acceptors (Lipinski definition) is 4. The van der Waals surface area contributed by atoms with E-state index in [0.29, 0.717) is 11.9 Å². The summed E-state index contributed by atoms with van der Waals surface area (Å²) < 4.78 is 2.69. The Bertz CT molecular complexity index is 1420. The van der Waals surface area contributed by atoms with Crippen molar-refractivity contribution in [2.45, 2.75) is 27.3 Å². The molecule has 34 heavy (non-hydrogen) atoms. The van der Waals surface area contributed by atoms with Crippen LogP contribution >= 0.6 is 15.9 Å². The van der Waals surface area contributed by atoms with Crippen molar-refractivity contribution in [3.8, 4) is 5.69 Å². The summed E-state index contributed by atoms with van der Waals surface area (Å²) >= 11 is 3.50. The van der Waals surface area contributed by atoms with E-state index in [1.54, 1.807) is 4.57 Å². The van der Waals surface area contributed by atoms with Crippen molar-refractivity contribution in [1.82, 2.24) is 14.5 Å². The molecule has 2 heterocycles. The van der Waals surface area contributed by atoms with Crippen molar-refractivity contribution >= 4 is 32.5 Å². The molecule has 4 aromatic rings. The smallest absolute Gasteiger partial charge is 0.266 e. The molecule has 5 nitrogen and oxygen atoms in total. The standard InChI is InChI=1S/C28H29BrN4O/c1-19-8-11-25(21(3)16-19)32-14-12-31(13-15-32)18-27-30-24-10-9-22(29)17-23(24)28(34)33(27)26-7-5-4-6-20(26)2/h4-11,16-17H,12-15,18H2,1-3H3. The van der Waals surface area contributed by atoms with Crippen molar-refractivity contribution < 1.29 is 0 Å². The fraction of sp³-hybridized carbons (Fsp3) is 0.286. The van der Waals surface area contributed by atoms with Crippen molar-refractivity contribution in [2.24, 2.45) is 0 Å². The van der Waals surface area contributed by atoms with Crippen LogP contribution in [0, 0.1) is 20.8 Å². The van der Waals surface area contributed by atoms with Crippen LogP contribution in [0.25, 0.3) is 16.6 Å². The second-order valence-corrected chi connectivity index (χ2v) is 10.1. The second-order valence-electron chi connectivity index (χ2n) is 9.17. The minimum absolute atomic E-state index is 0.0236. The van der Waals surface area contributed by atoms with Crippen molar-refractivity contribution in [1.29, 1.82) is 0 Å². The third-order valence-electron chi connectivity index (χ3n) is 6.69. The van der Waals surface area contributed by atoms with E-state index in [9.17, 15) is 4.79 Å². The Morgan fingerprint density at radius 2 is 1.62 bits per heavy atom. The van der Waals surface area contributed by atoms with Gasteiger partial charge in [0.1, 0.15) is 5.82 Å². The lowest BCUT2D eigenvalue weighted by atomic mass is 10.1. The summed E-state index contributed by atoms with van der Waals surface area (Å²) in [6.07, 6.45) is 0. The molecular formula is C28H29BrN4O. The van der Waals surface area contributed by atoms with Crippen molar-refractivity contribution in [3.05, 3.63) is 98.0 Å². The fourth-order valence-corrected chi connectivity index (χ4v) is 5.24. The predicted octanol–water partition coefficient (Wildman–Crippen LogP) is 5.40. The number of fused-ring (bicyclic) bond motifs is 1. The van der Waals surface area contributed by atoms with Gasteiger partial charge in [-0.15, -0.1) is 0 Å². The number of aromatic nitrogens is 2. The Labute approximate surface area is 208 Å². The highest BCUT2D eigenvalue weighted by atomic mass is 79.9. The van der Waals surface area contributed by atoms with Gasteiger partial charge < -0.3 is 4.90 Å². The first-order chi connectivity index (χ1) is 16.4. The Morgan fingerprint density at radius 1 is 0.853 bits per heavy atom. The first-order valence-corrected chi connectivity index (χ1v) is 12.5. The highest BCUT2D eigenvalue weighted by Gasteiger charge is 2.22. The van der Waals surface area contributed by atoms with E-state index >= 15 is 0 Å². The van der Waals surface area contributed by atoms with Gasteiger partial charge in [0.25, 0.3) is 5.56 Å². The van der Waals surface area contributed by atoms with E-state index in [1.807, 2.05) is 49.4 Å². The van der Waals surface area contributed by atoms with Crippen LogP contribution in [0.4, 0.5) is 5.69 Å².